The Bertz CT molecular complexity index is 606. The number of nitrogens with one attached hydrogen (secondary N) is 1. The van der Waals surface area contributed by atoms with Crippen LogP contribution in [0.25, 0.3) is 11.5 Å². The fourth-order valence-electron chi connectivity index (χ4n) is 3.76. The van der Waals surface area contributed by atoms with Gasteiger partial charge >= 0.3 is 0 Å². The number of aromatic nitrogens is 2. The van der Waals surface area contributed by atoms with Gasteiger partial charge in [0.1, 0.15) is 0 Å². The number of hydrogen-bond acceptors (Lipinski definition) is 4. The highest BCUT2D eigenvalue weighted by Gasteiger charge is 2.31. The molecule has 1 aliphatic rings. The quantitative estimate of drug-likeness (QED) is 0.925. The Morgan fingerprint density at radius 3 is 2.68 bits per heavy atom. The molecular formula is C18H25N3O. The van der Waals surface area contributed by atoms with Crippen molar-refractivity contribution in [2.45, 2.75) is 52.6 Å². The van der Waals surface area contributed by atoms with Crippen LogP contribution in [-0.2, 0) is 6.54 Å². The van der Waals surface area contributed by atoms with Gasteiger partial charge in [-0.2, -0.15) is 0 Å². The summed E-state index contributed by atoms with van der Waals surface area (Å²) >= 11 is 0. The average molecular weight is 299 g/mol. The van der Waals surface area contributed by atoms with Crippen LogP contribution in [0, 0.1) is 11.3 Å². The molecule has 0 saturated heterocycles. The van der Waals surface area contributed by atoms with Gasteiger partial charge in [0, 0.05) is 11.6 Å². The molecule has 1 N–H and O–H groups in total. The van der Waals surface area contributed by atoms with Gasteiger partial charge in [0.2, 0.25) is 11.8 Å². The van der Waals surface area contributed by atoms with Gasteiger partial charge in [-0.25, -0.2) is 0 Å². The summed E-state index contributed by atoms with van der Waals surface area (Å²) in [4.78, 5) is 0. The van der Waals surface area contributed by atoms with Gasteiger partial charge in [-0.1, -0.05) is 39.0 Å². The van der Waals surface area contributed by atoms with E-state index in [1.807, 2.05) is 30.3 Å². The van der Waals surface area contributed by atoms with Crippen LogP contribution in [0.3, 0.4) is 0 Å². The first-order valence-electron chi connectivity index (χ1n) is 8.13. The van der Waals surface area contributed by atoms with E-state index in [-0.39, 0.29) is 0 Å². The topological polar surface area (TPSA) is 51.0 Å². The van der Waals surface area contributed by atoms with Gasteiger partial charge in [-0.05, 0) is 42.7 Å². The summed E-state index contributed by atoms with van der Waals surface area (Å²) in [7, 11) is 0. The third-order valence-electron chi connectivity index (χ3n) is 4.42. The van der Waals surface area contributed by atoms with E-state index in [1.165, 1.54) is 19.3 Å². The van der Waals surface area contributed by atoms with E-state index in [0.717, 1.165) is 11.5 Å². The summed E-state index contributed by atoms with van der Waals surface area (Å²) in [5, 5.41) is 11.9. The first-order chi connectivity index (χ1) is 10.5. The van der Waals surface area contributed by atoms with Gasteiger partial charge in [0.15, 0.2) is 0 Å². The van der Waals surface area contributed by atoms with Crippen molar-refractivity contribution < 1.29 is 4.42 Å². The molecule has 1 fully saturated rings. The van der Waals surface area contributed by atoms with Gasteiger partial charge in [-0.3, -0.25) is 0 Å². The molecule has 4 heteroatoms. The molecule has 0 bridgehead atoms. The van der Waals surface area contributed by atoms with Crippen LogP contribution in [0.1, 0.15) is 45.9 Å². The summed E-state index contributed by atoms with van der Waals surface area (Å²) in [6.45, 7) is 7.71. The Labute approximate surface area is 132 Å². The maximum absolute atomic E-state index is 5.75. The van der Waals surface area contributed by atoms with Crippen LogP contribution < -0.4 is 5.32 Å². The highest BCUT2D eigenvalue weighted by Crippen LogP contribution is 2.38. The Hall–Kier alpha value is -1.68. The van der Waals surface area contributed by atoms with E-state index in [1.54, 1.807) is 0 Å². The van der Waals surface area contributed by atoms with E-state index in [2.05, 4.69) is 36.3 Å². The molecule has 2 atom stereocenters. The molecule has 2 aromatic rings. The second-order valence-electron chi connectivity index (χ2n) is 7.36. The van der Waals surface area contributed by atoms with E-state index in [0.29, 0.717) is 29.8 Å². The van der Waals surface area contributed by atoms with Crippen LogP contribution in [0.4, 0.5) is 0 Å². The lowest BCUT2D eigenvalue weighted by Gasteiger charge is -2.39. The van der Waals surface area contributed by atoms with Crippen molar-refractivity contribution in [1.82, 2.24) is 15.5 Å². The maximum Gasteiger partial charge on any atom is 0.247 e. The largest absolute Gasteiger partial charge is 0.419 e. The fraction of sp³-hybridized carbons (Fsp3) is 0.556. The summed E-state index contributed by atoms with van der Waals surface area (Å²) in [6, 6.07) is 10.4. The van der Waals surface area contributed by atoms with Crippen molar-refractivity contribution in [1.29, 1.82) is 0 Å². The summed E-state index contributed by atoms with van der Waals surface area (Å²) < 4.78 is 5.75. The highest BCUT2D eigenvalue weighted by atomic mass is 16.4. The zero-order valence-corrected chi connectivity index (χ0v) is 13.7. The second kappa shape index (κ2) is 6.21. The number of hydrogen-bond donors (Lipinski definition) is 1. The molecule has 1 aliphatic carbocycles. The van der Waals surface area contributed by atoms with E-state index in [4.69, 9.17) is 4.42 Å². The predicted octanol–water partition coefficient (Wildman–Crippen LogP) is 4.04. The number of benzene rings is 1. The van der Waals surface area contributed by atoms with Gasteiger partial charge in [-0.15, -0.1) is 10.2 Å². The normalized spacial score (nSPS) is 24.3. The minimum atomic E-state index is 0.416. The Morgan fingerprint density at radius 1 is 1.18 bits per heavy atom. The van der Waals surface area contributed by atoms with Gasteiger partial charge < -0.3 is 9.73 Å². The second-order valence-corrected chi connectivity index (χ2v) is 7.36. The van der Waals surface area contributed by atoms with Crippen molar-refractivity contribution >= 4 is 0 Å². The fourth-order valence-corrected chi connectivity index (χ4v) is 3.76. The molecule has 0 spiro atoms. The third kappa shape index (κ3) is 3.74. The summed E-state index contributed by atoms with van der Waals surface area (Å²) in [5.41, 5.74) is 1.38. The lowest BCUT2D eigenvalue weighted by atomic mass is 9.70. The van der Waals surface area contributed by atoms with Crippen molar-refractivity contribution in [2.75, 3.05) is 0 Å². The van der Waals surface area contributed by atoms with E-state index < -0.39 is 0 Å². The highest BCUT2D eigenvalue weighted by molar-refractivity contribution is 5.51. The van der Waals surface area contributed by atoms with Crippen molar-refractivity contribution in [3.8, 4) is 11.5 Å². The average Bonchev–Trinajstić information content (AvgIpc) is 2.93. The van der Waals surface area contributed by atoms with Crippen LogP contribution in [0.2, 0.25) is 0 Å². The minimum absolute atomic E-state index is 0.416. The molecule has 1 saturated carbocycles. The zero-order chi connectivity index (χ0) is 15.6. The van der Waals surface area contributed by atoms with E-state index >= 15 is 0 Å². The third-order valence-corrected chi connectivity index (χ3v) is 4.42. The lowest BCUT2D eigenvalue weighted by molar-refractivity contribution is 0.149. The standard InChI is InChI=1S/C18H25N3O/c1-13-9-15(11-18(2,3)10-13)19-12-16-20-21-17(22-16)14-7-5-4-6-8-14/h4-8,13,15,19H,9-12H2,1-3H3. The first kappa shape index (κ1) is 15.2. The van der Waals surface area contributed by atoms with Crippen LogP contribution in [0.15, 0.2) is 34.7 Å². The molecule has 0 amide bonds. The minimum Gasteiger partial charge on any atom is -0.419 e. The molecule has 1 aromatic heterocycles. The van der Waals surface area contributed by atoms with Crippen LogP contribution >= 0.6 is 0 Å². The molecule has 1 aromatic carbocycles. The van der Waals surface area contributed by atoms with Gasteiger partial charge in [0.05, 0.1) is 6.54 Å². The SMILES string of the molecule is CC1CC(NCc2nnc(-c3ccccc3)o2)CC(C)(C)C1. The van der Waals surface area contributed by atoms with Crippen molar-refractivity contribution in [3.63, 3.8) is 0 Å². The maximum atomic E-state index is 5.75. The molecule has 0 aliphatic heterocycles. The molecule has 118 valence electrons. The van der Waals surface area contributed by atoms with Crippen molar-refractivity contribution in [2.24, 2.45) is 11.3 Å². The molecule has 22 heavy (non-hydrogen) atoms. The number of nitrogens with zero attached hydrogens (tertiary/aromatic N) is 2. The summed E-state index contributed by atoms with van der Waals surface area (Å²) in [6.07, 6.45) is 3.74. The molecule has 2 unspecified atom stereocenters. The Kier molecular flexibility index (Phi) is 4.30. The zero-order valence-electron chi connectivity index (χ0n) is 13.7. The lowest BCUT2D eigenvalue weighted by Crippen LogP contribution is -2.39. The monoisotopic (exact) mass is 299 g/mol. The molecular weight excluding hydrogens is 274 g/mol. The van der Waals surface area contributed by atoms with Gasteiger partial charge in [0.25, 0.3) is 0 Å². The van der Waals surface area contributed by atoms with Crippen LogP contribution in [-0.4, -0.2) is 16.2 Å². The molecule has 0 radical (unpaired) electrons. The smallest absolute Gasteiger partial charge is 0.247 e. The molecule has 4 nitrogen and oxygen atoms in total. The van der Waals surface area contributed by atoms with Crippen molar-refractivity contribution in [3.05, 3.63) is 36.2 Å². The van der Waals surface area contributed by atoms with E-state index in [9.17, 15) is 0 Å². The molecule has 3 rings (SSSR count). The summed E-state index contributed by atoms with van der Waals surface area (Å²) in [5.74, 6) is 2.02. The Morgan fingerprint density at radius 2 is 1.95 bits per heavy atom. The van der Waals surface area contributed by atoms with Crippen LogP contribution in [0.5, 0.6) is 0 Å². The predicted molar refractivity (Wildman–Crippen MR) is 87.2 cm³/mol. The number of rotatable bonds is 4. The Balaban J connectivity index is 1.59. The molecule has 1 heterocycles. The first-order valence-corrected chi connectivity index (χ1v) is 8.13.